The zero-order valence-electron chi connectivity index (χ0n) is 12.0. The lowest BCUT2D eigenvalue weighted by molar-refractivity contribution is 0.244. The second-order valence-corrected chi connectivity index (χ2v) is 6.58. The molecule has 0 saturated heterocycles. The largest absolute Gasteiger partial charge is 0.368 e. The SMILES string of the molecule is Nc1ncc2c(n1)CCN(Cc1c[nH]c3cc(Br)ccc13)C2. The van der Waals surface area contributed by atoms with Crippen molar-refractivity contribution in [1.82, 2.24) is 19.9 Å². The van der Waals surface area contributed by atoms with Crippen LogP contribution >= 0.6 is 15.9 Å². The molecular formula is C16H16BrN5. The van der Waals surface area contributed by atoms with Crippen molar-refractivity contribution in [2.75, 3.05) is 12.3 Å². The molecule has 112 valence electrons. The Balaban J connectivity index is 1.57. The van der Waals surface area contributed by atoms with Crippen molar-refractivity contribution in [3.63, 3.8) is 0 Å². The highest BCUT2D eigenvalue weighted by molar-refractivity contribution is 9.10. The first-order chi connectivity index (χ1) is 10.7. The average Bonchev–Trinajstić information content (AvgIpc) is 2.89. The molecule has 4 rings (SSSR count). The van der Waals surface area contributed by atoms with E-state index in [-0.39, 0.29) is 0 Å². The van der Waals surface area contributed by atoms with E-state index < -0.39 is 0 Å². The zero-order valence-corrected chi connectivity index (χ0v) is 13.6. The molecular weight excluding hydrogens is 342 g/mol. The van der Waals surface area contributed by atoms with Crippen LogP contribution in [0.3, 0.4) is 0 Å². The van der Waals surface area contributed by atoms with Crippen LogP contribution < -0.4 is 5.73 Å². The maximum atomic E-state index is 5.66. The van der Waals surface area contributed by atoms with Gasteiger partial charge in [-0.2, -0.15) is 0 Å². The Labute approximate surface area is 136 Å². The van der Waals surface area contributed by atoms with Crippen molar-refractivity contribution in [1.29, 1.82) is 0 Å². The molecule has 5 nitrogen and oxygen atoms in total. The fourth-order valence-corrected chi connectivity index (χ4v) is 3.42. The number of nitrogen functional groups attached to an aromatic ring is 1. The first-order valence-corrected chi connectivity index (χ1v) is 8.06. The smallest absolute Gasteiger partial charge is 0.220 e. The summed E-state index contributed by atoms with van der Waals surface area (Å²) in [6.45, 7) is 2.79. The number of fused-ring (bicyclic) bond motifs is 2. The molecule has 0 bridgehead atoms. The lowest BCUT2D eigenvalue weighted by atomic mass is 10.1. The highest BCUT2D eigenvalue weighted by Gasteiger charge is 2.19. The third-order valence-electron chi connectivity index (χ3n) is 4.16. The Bertz CT molecular complexity index is 842. The molecule has 0 saturated carbocycles. The van der Waals surface area contributed by atoms with E-state index in [1.54, 1.807) is 0 Å². The van der Waals surface area contributed by atoms with Gasteiger partial charge in [0.2, 0.25) is 5.95 Å². The predicted octanol–water partition coefficient (Wildman–Crippen LogP) is 2.86. The van der Waals surface area contributed by atoms with Crippen molar-refractivity contribution in [2.45, 2.75) is 19.5 Å². The van der Waals surface area contributed by atoms with E-state index in [1.807, 2.05) is 6.20 Å². The summed E-state index contributed by atoms with van der Waals surface area (Å²) < 4.78 is 1.09. The fraction of sp³-hybridized carbons (Fsp3) is 0.250. The molecule has 22 heavy (non-hydrogen) atoms. The highest BCUT2D eigenvalue weighted by Crippen LogP contribution is 2.25. The van der Waals surface area contributed by atoms with Crippen LogP contribution in [0, 0.1) is 0 Å². The number of hydrogen-bond acceptors (Lipinski definition) is 4. The van der Waals surface area contributed by atoms with Crippen LogP contribution in [0.2, 0.25) is 0 Å². The Morgan fingerprint density at radius 1 is 1.36 bits per heavy atom. The lowest BCUT2D eigenvalue weighted by Gasteiger charge is -2.27. The minimum absolute atomic E-state index is 0.370. The van der Waals surface area contributed by atoms with Gasteiger partial charge in [-0.1, -0.05) is 22.0 Å². The second-order valence-electron chi connectivity index (χ2n) is 5.66. The number of anilines is 1. The highest BCUT2D eigenvalue weighted by atomic mass is 79.9. The molecule has 0 fully saturated rings. The van der Waals surface area contributed by atoms with Gasteiger partial charge in [0.1, 0.15) is 0 Å². The molecule has 0 atom stereocenters. The number of H-pyrrole nitrogens is 1. The van der Waals surface area contributed by atoms with Crippen LogP contribution in [-0.2, 0) is 19.5 Å². The first kappa shape index (κ1) is 13.7. The minimum atomic E-state index is 0.370. The third kappa shape index (κ3) is 2.48. The summed E-state index contributed by atoms with van der Waals surface area (Å²) in [7, 11) is 0. The normalized spacial score (nSPS) is 15.1. The quantitative estimate of drug-likeness (QED) is 0.739. The summed E-state index contributed by atoms with van der Waals surface area (Å²) >= 11 is 3.51. The number of aromatic amines is 1. The Morgan fingerprint density at radius 2 is 2.27 bits per heavy atom. The number of nitrogens with two attached hydrogens (primary N) is 1. The molecule has 1 aromatic carbocycles. The van der Waals surface area contributed by atoms with Crippen molar-refractivity contribution >= 4 is 32.8 Å². The molecule has 3 N–H and O–H groups in total. The molecule has 6 heteroatoms. The number of nitrogens with zero attached hydrogens (tertiary/aromatic N) is 3. The van der Waals surface area contributed by atoms with Crippen molar-refractivity contribution < 1.29 is 0 Å². The van der Waals surface area contributed by atoms with E-state index in [1.165, 1.54) is 16.5 Å². The average molecular weight is 358 g/mol. The van der Waals surface area contributed by atoms with E-state index >= 15 is 0 Å². The lowest BCUT2D eigenvalue weighted by Crippen LogP contribution is -2.31. The Kier molecular flexibility index (Phi) is 3.35. The summed E-state index contributed by atoms with van der Waals surface area (Å²) in [4.78, 5) is 14.2. The van der Waals surface area contributed by atoms with Gasteiger partial charge < -0.3 is 10.7 Å². The number of aromatic nitrogens is 3. The van der Waals surface area contributed by atoms with Gasteiger partial charge in [0.25, 0.3) is 0 Å². The van der Waals surface area contributed by atoms with E-state index in [4.69, 9.17) is 5.73 Å². The van der Waals surface area contributed by atoms with Crippen LogP contribution in [0.15, 0.2) is 35.1 Å². The summed E-state index contributed by atoms with van der Waals surface area (Å²) in [5.41, 5.74) is 10.4. The Morgan fingerprint density at radius 3 is 3.18 bits per heavy atom. The summed E-state index contributed by atoms with van der Waals surface area (Å²) in [6.07, 6.45) is 4.89. The van der Waals surface area contributed by atoms with Gasteiger partial charge in [-0.3, -0.25) is 4.90 Å². The Hall–Kier alpha value is -1.92. The maximum absolute atomic E-state index is 5.66. The predicted molar refractivity (Wildman–Crippen MR) is 90.3 cm³/mol. The van der Waals surface area contributed by atoms with Crippen LogP contribution in [0.4, 0.5) is 5.95 Å². The molecule has 0 aliphatic carbocycles. The molecule has 1 aliphatic heterocycles. The number of benzene rings is 1. The van der Waals surface area contributed by atoms with Crippen LogP contribution in [-0.4, -0.2) is 26.4 Å². The van der Waals surface area contributed by atoms with E-state index in [2.05, 4.69) is 60.2 Å². The molecule has 0 amide bonds. The summed E-state index contributed by atoms with van der Waals surface area (Å²) in [5, 5.41) is 1.28. The second kappa shape index (κ2) is 5.37. The summed E-state index contributed by atoms with van der Waals surface area (Å²) in [5.74, 6) is 0.370. The zero-order chi connectivity index (χ0) is 15.1. The van der Waals surface area contributed by atoms with Gasteiger partial charge in [0.15, 0.2) is 0 Å². The standard InChI is InChI=1S/C16H16BrN5/c17-12-1-2-13-10(6-19-15(13)5-12)8-22-4-3-14-11(9-22)7-20-16(18)21-14/h1-2,5-7,19H,3-4,8-9H2,(H2,18,20,21). The molecule has 3 aromatic rings. The van der Waals surface area contributed by atoms with Gasteiger partial charge in [-0.25, -0.2) is 9.97 Å². The van der Waals surface area contributed by atoms with Crippen LogP contribution in [0.5, 0.6) is 0 Å². The van der Waals surface area contributed by atoms with Crippen LogP contribution in [0.25, 0.3) is 10.9 Å². The topological polar surface area (TPSA) is 70.8 Å². The van der Waals surface area contributed by atoms with E-state index in [0.29, 0.717) is 5.95 Å². The van der Waals surface area contributed by atoms with Gasteiger partial charge >= 0.3 is 0 Å². The number of rotatable bonds is 2. The van der Waals surface area contributed by atoms with Crippen LogP contribution in [0.1, 0.15) is 16.8 Å². The van der Waals surface area contributed by atoms with E-state index in [9.17, 15) is 0 Å². The molecule has 0 spiro atoms. The maximum Gasteiger partial charge on any atom is 0.220 e. The molecule has 2 aromatic heterocycles. The molecule has 0 radical (unpaired) electrons. The number of nitrogens with one attached hydrogen (secondary N) is 1. The van der Waals surface area contributed by atoms with Gasteiger partial charge in [-0.15, -0.1) is 0 Å². The number of hydrogen-bond donors (Lipinski definition) is 2. The third-order valence-corrected chi connectivity index (χ3v) is 4.65. The monoisotopic (exact) mass is 357 g/mol. The number of halogens is 1. The minimum Gasteiger partial charge on any atom is -0.368 e. The fourth-order valence-electron chi connectivity index (χ4n) is 3.06. The first-order valence-electron chi connectivity index (χ1n) is 7.27. The summed E-state index contributed by atoms with van der Waals surface area (Å²) in [6, 6.07) is 6.36. The molecule has 3 heterocycles. The van der Waals surface area contributed by atoms with Gasteiger partial charge in [-0.05, 0) is 17.7 Å². The van der Waals surface area contributed by atoms with Gasteiger partial charge in [0, 0.05) is 59.4 Å². The van der Waals surface area contributed by atoms with Gasteiger partial charge in [0.05, 0.1) is 5.69 Å². The van der Waals surface area contributed by atoms with Crippen molar-refractivity contribution in [2.24, 2.45) is 0 Å². The van der Waals surface area contributed by atoms with Crippen molar-refractivity contribution in [3.8, 4) is 0 Å². The molecule has 1 aliphatic rings. The van der Waals surface area contributed by atoms with Crippen molar-refractivity contribution in [3.05, 3.63) is 51.9 Å². The molecule has 0 unspecified atom stereocenters. The van der Waals surface area contributed by atoms with E-state index in [0.717, 1.165) is 41.7 Å².